The van der Waals surface area contributed by atoms with Crippen LogP contribution in [0.3, 0.4) is 0 Å². The number of aromatic nitrogens is 1. The Kier molecular flexibility index (Phi) is 4.55. The van der Waals surface area contributed by atoms with Gasteiger partial charge in [0, 0.05) is 28.7 Å². The highest BCUT2D eigenvalue weighted by Crippen LogP contribution is 2.38. The van der Waals surface area contributed by atoms with Gasteiger partial charge in [-0.15, -0.1) is 0 Å². The molecule has 26 heavy (non-hydrogen) atoms. The SMILES string of the molecule is CC(C)(CC1CCN2CCCCC2C1)n1cc(C(=O)O)c2ccccc21. The van der Waals surface area contributed by atoms with Gasteiger partial charge >= 0.3 is 5.97 Å². The van der Waals surface area contributed by atoms with E-state index in [9.17, 15) is 9.90 Å². The Morgan fingerprint density at radius 3 is 2.81 bits per heavy atom. The van der Waals surface area contributed by atoms with Crippen LogP contribution in [0.15, 0.2) is 30.5 Å². The zero-order valence-electron chi connectivity index (χ0n) is 15.9. The monoisotopic (exact) mass is 354 g/mol. The maximum absolute atomic E-state index is 11.7. The summed E-state index contributed by atoms with van der Waals surface area (Å²) in [5.74, 6) is -0.120. The number of para-hydroxylation sites is 1. The second-order valence-corrected chi connectivity index (χ2v) is 8.83. The average Bonchev–Trinajstić information content (AvgIpc) is 3.02. The highest BCUT2D eigenvalue weighted by Gasteiger charge is 2.34. The van der Waals surface area contributed by atoms with Crippen LogP contribution in [0.4, 0.5) is 0 Å². The van der Waals surface area contributed by atoms with Crippen LogP contribution in [-0.4, -0.2) is 39.7 Å². The number of hydrogen-bond donors (Lipinski definition) is 1. The molecule has 2 aromatic rings. The van der Waals surface area contributed by atoms with E-state index in [-0.39, 0.29) is 5.54 Å². The normalized spacial score (nSPS) is 24.5. The number of benzene rings is 1. The highest BCUT2D eigenvalue weighted by molar-refractivity contribution is 6.03. The minimum Gasteiger partial charge on any atom is -0.478 e. The largest absolute Gasteiger partial charge is 0.478 e. The second-order valence-electron chi connectivity index (χ2n) is 8.83. The first-order valence-corrected chi connectivity index (χ1v) is 10.0. The average molecular weight is 354 g/mol. The number of fused-ring (bicyclic) bond motifs is 2. The van der Waals surface area contributed by atoms with E-state index < -0.39 is 5.97 Å². The van der Waals surface area contributed by atoms with Gasteiger partial charge in [0.15, 0.2) is 0 Å². The summed E-state index contributed by atoms with van der Waals surface area (Å²) in [6, 6.07) is 8.67. The van der Waals surface area contributed by atoms with Crippen molar-refractivity contribution in [3.8, 4) is 0 Å². The Morgan fingerprint density at radius 2 is 2.00 bits per heavy atom. The summed E-state index contributed by atoms with van der Waals surface area (Å²) in [5, 5.41) is 10.4. The van der Waals surface area contributed by atoms with Gasteiger partial charge in [0.25, 0.3) is 0 Å². The van der Waals surface area contributed by atoms with Crippen molar-refractivity contribution in [1.82, 2.24) is 9.47 Å². The lowest BCUT2D eigenvalue weighted by Crippen LogP contribution is -2.46. The van der Waals surface area contributed by atoms with Crippen LogP contribution >= 0.6 is 0 Å². The molecule has 1 N–H and O–H groups in total. The van der Waals surface area contributed by atoms with E-state index in [4.69, 9.17) is 0 Å². The predicted molar refractivity (Wildman–Crippen MR) is 105 cm³/mol. The Labute approximate surface area is 155 Å². The lowest BCUT2D eigenvalue weighted by molar-refractivity contribution is 0.0642. The van der Waals surface area contributed by atoms with Crippen LogP contribution in [0.1, 0.15) is 62.7 Å². The zero-order valence-corrected chi connectivity index (χ0v) is 15.9. The van der Waals surface area contributed by atoms with Crippen LogP contribution in [0, 0.1) is 5.92 Å². The number of carbonyl (C=O) groups is 1. The minimum absolute atomic E-state index is 0.0885. The fraction of sp³-hybridized carbons (Fsp3) is 0.591. The predicted octanol–water partition coefficient (Wildman–Crippen LogP) is 4.73. The molecule has 4 nitrogen and oxygen atoms in total. The van der Waals surface area contributed by atoms with Crippen molar-refractivity contribution in [2.24, 2.45) is 5.92 Å². The Balaban J connectivity index is 1.59. The summed E-state index contributed by atoms with van der Waals surface area (Å²) in [4.78, 5) is 14.4. The molecule has 0 amide bonds. The number of piperidine rings is 2. The van der Waals surface area contributed by atoms with Gasteiger partial charge in [-0.3, -0.25) is 0 Å². The number of nitrogens with zero attached hydrogens (tertiary/aromatic N) is 2. The van der Waals surface area contributed by atoms with Gasteiger partial charge in [-0.2, -0.15) is 0 Å². The van der Waals surface area contributed by atoms with Crippen molar-refractivity contribution >= 4 is 16.9 Å². The van der Waals surface area contributed by atoms with E-state index in [0.29, 0.717) is 5.56 Å². The number of carboxylic acids is 1. The van der Waals surface area contributed by atoms with Crippen LogP contribution < -0.4 is 0 Å². The molecule has 4 heteroatoms. The first-order valence-electron chi connectivity index (χ1n) is 10.0. The molecule has 0 bridgehead atoms. The number of hydrogen-bond acceptors (Lipinski definition) is 2. The minimum atomic E-state index is -0.841. The van der Waals surface area contributed by atoms with Crippen LogP contribution in [-0.2, 0) is 5.54 Å². The third-order valence-electron chi connectivity index (χ3n) is 6.56. The fourth-order valence-electron chi connectivity index (χ4n) is 5.31. The lowest BCUT2D eigenvalue weighted by Gasteiger charge is -2.44. The number of aromatic carboxylic acids is 1. The Morgan fingerprint density at radius 1 is 1.19 bits per heavy atom. The smallest absolute Gasteiger partial charge is 0.337 e. The van der Waals surface area contributed by atoms with Gasteiger partial charge in [0.1, 0.15) is 0 Å². The molecule has 0 radical (unpaired) electrons. The van der Waals surface area contributed by atoms with Gasteiger partial charge in [0.05, 0.1) is 5.56 Å². The molecule has 4 rings (SSSR count). The molecular formula is C22H30N2O2. The van der Waals surface area contributed by atoms with Crippen molar-refractivity contribution in [3.63, 3.8) is 0 Å². The highest BCUT2D eigenvalue weighted by atomic mass is 16.4. The first-order chi connectivity index (χ1) is 12.5. The maximum atomic E-state index is 11.7. The molecule has 2 saturated heterocycles. The van der Waals surface area contributed by atoms with Gasteiger partial charge in [-0.1, -0.05) is 24.6 Å². The summed E-state index contributed by atoms with van der Waals surface area (Å²) < 4.78 is 2.21. The van der Waals surface area contributed by atoms with Crippen LogP contribution in [0.5, 0.6) is 0 Å². The number of rotatable bonds is 4. The molecule has 2 unspecified atom stereocenters. The zero-order chi connectivity index (χ0) is 18.3. The summed E-state index contributed by atoms with van der Waals surface area (Å²) in [5.41, 5.74) is 1.36. The summed E-state index contributed by atoms with van der Waals surface area (Å²) in [6.07, 6.45) is 9.62. The molecule has 1 aromatic carbocycles. The van der Waals surface area contributed by atoms with Crippen molar-refractivity contribution in [2.75, 3.05) is 13.1 Å². The molecule has 2 aliphatic heterocycles. The van der Waals surface area contributed by atoms with E-state index in [2.05, 4.69) is 23.3 Å². The van der Waals surface area contributed by atoms with Crippen molar-refractivity contribution in [1.29, 1.82) is 0 Å². The van der Waals surface area contributed by atoms with Gasteiger partial charge < -0.3 is 14.6 Å². The summed E-state index contributed by atoms with van der Waals surface area (Å²) in [6.45, 7) is 7.04. The Hall–Kier alpha value is -1.81. The van der Waals surface area contributed by atoms with Gasteiger partial charge in [-0.05, 0) is 71.0 Å². The molecule has 0 saturated carbocycles. The molecule has 3 heterocycles. The third-order valence-corrected chi connectivity index (χ3v) is 6.56. The van der Waals surface area contributed by atoms with Gasteiger partial charge in [0.2, 0.25) is 0 Å². The van der Waals surface area contributed by atoms with Crippen molar-refractivity contribution in [2.45, 2.75) is 64.0 Å². The molecule has 2 atom stereocenters. The van der Waals surface area contributed by atoms with Crippen LogP contribution in [0.25, 0.3) is 10.9 Å². The van der Waals surface area contributed by atoms with E-state index in [1.54, 1.807) is 0 Å². The quantitative estimate of drug-likeness (QED) is 0.863. The van der Waals surface area contributed by atoms with Crippen molar-refractivity contribution in [3.05, 3.63) is 36.0 Å². The van der Waals surface area contributed by atoms with Gasteiger partial charge in [-0.25, -0.2) is 4.79 Å². The summed E-state index contributed by atoms with van der Waals surface area (Å²) in [7, 11) is 0. The lowest BCUT2D eigenvalue weighted by atomic mass is 9.79. The molecule has 2 aliphatic rings. The van der Waals surface area contributed by atoms with Crippen LogP contribution in [0.2, 0.25) is 0 Å². The van der Waals surface area contributed by atoms with E-state index in [0.717, 1.165) is 29.3 Å². The maximum Gasteiger partial charge on any atom is 0.337 e. The first kappa shape index (κ1) is 17.6. The molecule has 1 aromatic heterocycles. The molecular weight excluding hydrogens is 324 g/mol. The Bertz CT molecular complexity index is 808. The van der Waals surface area contributed by atoms with E-state index >= 15 is 0 Å². The molecule has 0 spiro atoms. The standard InChI is InChI=1S/C22H30N2O2/c1-22(2,14-16-10-12-23-11-6-5-7-17(23)13-16)24-15-19(21(25)26)18-8-3-4-9-20(18)24/h3-4,8-9,15-17H,5-7,10-14H2,1-2H3,(H,25,26). The van der Waals surface area contributed by atoms with Crippen molar-refractivity contribution < 1.29 is 9.90 Å². The topological polar surface area (TPSA) is 45.5 Å². The second kappa shape index (κ2) is 6.73. The molecule has 2 fully saturated rings. The summed E-state index contributed by atoms with van der Waals surface area (Å²) >= 11 is 0. The number of carboxylic acid groups (broad SMARTS) is 1. The molecule has 140 valence electrons. The third kappa shape index (κ3) is 3.16. The molecule has 0 aliphatic carbocycles. The van der Waals surface area contributed by atoms with E-state index in [1.807, 2.05) is 30.5 Å². The fourth-order valence-corrected chi connectivity index (χ4v) is 5.31. The van der Waals surface area contributed by atoms with E-state index in [1.165, 1.54) is 45.2 Å².